The molecule has 0 amide bonds. The molecule has 2 rings (SSSR count). The molecule has 0 bridgehead atoms. The van der Waals surface area contributed by atoms with Crippen LogP contribution in [0.5, 0.6) is 5.75 Å². The van der Waals surface area contributed by atoms with E-state index in [4.69, 9.17) is 5.73 Å². The first kappa shape index (κ1) is 8.77. The van der Waals surface area contributed by atoms with E-state index in [1.54, 1.807) is 18.3 Å². The molecule has 4 nitrogen and oxygen atoms in total. The van der Waals surface area contributed by atoms with Gasteiger partial charge in [0.15, 0.2) is 0 Å². The summed E-state index contributed by atoms with van der Waals surface area (Å²) < 4.78 is 0. The molecule has 4 N–H and O–H groups in total. The van der Waals surface area contributed by atoms with E-state index < -0.39 is 0 Å². The summed E-state index contributed by atoms with van der Waals surface area (Å²) in [5.74, 6) is 0.947. The predicted octanol–water partition coefficient (Wildman–Crippen LogP) is 1.24. The summed E-state index contributed by atoms with van der Waals surface area (Å²) in [5, 5.41) is 9.57. The maximum absolute atomic E-state index is 9.57. The Kier molecular flexibility index (Phi) is 2.20. The molecule has 4 heteroatoms. The number of aromatic hydroxyl groups is 1. The minimum absolute atomic E-state index is 0.236. The summed E-state index contributed by atoms with van der Waals surface area (Å²) >= 11 is 0. The molecule has 0 radical (unpaired) electrons. The molecule has 0 aliphatic carbocycles. The predicted molar refractivity (Wildman–Crippen MR) is 53.6 cm³/mol. The van der Waals surface area contributed by atoms with E-state index in [0.717, 1.165) is 11.3 Å². The van der Waals surface area contributed by atoms with Crippen LogP contribution in [0.4, 0.5) is 0 Å². The van der Waals surface area contributed by atoms with Gasteiger partial charge in [0.05, 0.1) is 18.4 Å². The van der Waals surface area contributed by atoms with Crippen molar-refractivity contribution in [2.75, 3.05) is 0 Å². The van der Waals surface area contributed by atoms with Crippen LogP contribution in [0.25, 0.3) is 11.3 Å². The molecule has 0 saturated carbocycles. The van der Waals surface area contributed by atoms with Gasteiger partial charge < -0.3 is 15.8 Å². The van der Waals surface area contributed by atoms with Crippen LogP contribution in [0.1, 0.15) is 5.82 Å². The highest BCUT2D eigenvalue weighted by Gasteiger charge is 2.05. The molecule has 0 fully saturated rings. The fourth-order valence-corrected chi connectivity index (χ4v) is 1.30. The average molecular weight is 189 g/mol. The van der Waals surface area contributed by atoms with Crippen molar-refractivity contribution in [3.63, 3.8) is 0 Å². The standard InChI is InChI=1S/C10H11N3O/c11-5-10-12-6-8(13-10)7-3-1-2-4-9(7)14/h1-4,6,14H,5,11H2,(H,12,13). The molecule has 2 aromatic rings. The van der Waals surface area contributed by atoms with Gasteiger partial charge in [-0.15, -0.1) is 0 Å². The second-order valence-electron chi connectivity index (χ2n) is 2.96. The summed E-state index contributed by atoms with van der Waals surface area (Å²) in [6.07, 6.45) is 1.66. The Hall–Kier alpha value is -1.81. The van der Waals surface area contributed by atoms with Gasteiger partial charge >= 0.3 is 0 Å². The number of aromatic amines is 1. The van der Waals surface area contributed by atoms with E-state index in [1.807, 2.05) is 12.1 Å². The van der Waals surface area contributed by atoms with Crippen molar-refractivity contribution in [2.45, 2.75) is 6.54 Å². The van der Waals surface area contributed by atoms with Crippen LogP contribution in [0.3, 0.4) is 0 Å². The number of phenolic OH excluding ortho intramolecular Hbond substituents is 1. The van der Waals surface area contributed by atoms with Crippen molar-refractivity contribution >= 4 is 0 Å². The Balaban J connectivity index is 2.44. The number of hydrogen-bond acceptors (Lipinski definition) is 3. The molecular weight excluding hydrogens is 178 g/mol. The topological polar surface area (TPSA) is 74.9 Å². The highest BCUT2D eigenvalue weighted by atomic mass is 16.3. The lowest BCUT2D eigenvalue weighted by atomic mass is 10.1. The van der Waals surface area contributed by atoms with Crippen LogP contribution in [0.2, 0.25) is 0 Å². The number of benzene rings is 1. The number of rotatable bonds is 2. The summed E-state index contributed by atoms with van der Waals surface area (Å²) in [6, 6.07) is 7.10. The number of H-pyrrole nitrogens is 1. The number of nitrogens with two attached hydrogens (primary N) is 1. The van der Waals surface area contributed by atoms with Gasteiger partial charge in [0.1, 0.15) is 11.6 Å². The lowest BCUT2D eigenvalue weighted by Crippen LogP contribution is -1.97. The van der Waals surface area contributed by atoms with Crippen LogP contribution in [0, 0.1) is 0 Å². The second-order valence-corrected chi connectivity index (χ2v) is 2.96. The Morgan fingerprint density at radius 2 is 2.14 bits per heavy atom. The highest BCUT2D eigenvalue weighted by Crippen LogP contribution is 2.26. The Morgan fingerprint density at radius 3 is 2.79 bits per heavy atom. The quantitative estimate of drug-likeness (QED) is 0.665. The van der Waals surface area contributed by atoms with Crippen LogP contribution in [-0.4, -0.2) is 15.1 Å². The zero-order valence-corrected chi connectivity index (χ0v) is 7.57. The van der Waals surface area contributed by atoms with Gasteiger partial charge in [0.2, 0.25) is 0 Å². The van der Waals surface area contributed by atoms with E-state index in [2.05, 4.69) is 9.97 Å². The molecule has 14 heavy (non-hydrogen) atoms. The van der Waals surface area contributed by atoms with E-state index in [9.17, 15) is 5.11 Å². The van der Waals surface area contributed by atoms with Gasteiger partial charge in [-0.05, 0) is 12.1 Å². The number of nitrogens with zero attached hydrogens (tertiary/aromatic N) is 1. The van der Waals surface area contributed by atoms with Crippen molar-refractivity contribution in [2.24, 2.45) is 5.73 Å². The number of aromatic nitrogens is 2. The second kappa shape index (κ2) is 3.51. The molecule has 0 unspecified atom stereocenters. The summed E-state index contributed by atoms with van der Waals surface area (Å²) in [7, 11) is 0. The van der Waals surface area contributed by atoms with Crippen molar-refractivity contribution in [3.8, 4) is 17.0 Å². The number of nitrogens with one attached hydrogen (secondary N) is 1. The van der Waals surface area contributed by atoms with Crippen molar-refractivity contribution in [1.29, 1.82) is 0 Å². The minimum Gasteiger partial charge on any atom is -0.507 e. The molecule has 0 aliphatic heterocycles. The van der Waals surface area contributed by atoms with Gasteiger partial charge in [-0.2, -0.15) is 0 Å². The fraction of sp³-hybridized carbons (Fsp3) is 0.100. The molecular formula is C10H11N3O. The Labute approximate surface area is 81.4 Å². The van der Waals surface area contributed by atoms with E-state index in [1.165, 1.54) is 0 Å². The van der Waals surface area contributed by atoms with E-state index in [-0.39, 0.29) is 5.75 Å². The van der Waals surface area contributed by atoms with Gasteiger partial charge in [-0.25, -0.2) is 4.98 Å². The molecule has 0 spiro atoms. The smallest absolute Gasteiger partial charge is 0.124 e. The SMILES string of the molecule is NCc1ncc(-c2ccccc2O)[nH]1. The summed E-state index contributed by atoms with van der Waals surface area (Å²) in [5.41, 5.74) is 6.94. The normalized spacial score (nSPS) is 10.4. The molecule has 1 aromatic carbocycles. The zero-order valence-electron chi connectivity index (χ0n) is 7.57. The monoisotopic (exact) mass is 189 g/mol. The number of phenols is 1. The number of imidazole rings is 1. The fourth-order valence-electron chi connectivity index (χ4n) is 1.30. The van der Waals surface area contributed by atoms with Crippen LogP contribution in [-0.2, 0) is 6.54 Å². The first-order valence-corrected chi connectivity index (χ1v) is 4.33. The third-order valence-electron chi connectivity index (χ3n) is 2.02. The van der Waals surface area contributed by atoms with Gasteiger partial charge in [-0.1, -0.05) is 12.1 Å². The largest absolute Gasteiger partial charge is 0.507 e. The van der Waals surface area contributed by atoms with Crippen molar-refractivity contribution in [3.05, 3.63) is 36.3 Å². The third kappa shape index (κ3) is 1.47. The average Bonchev–Trinajstić information content (AvgIpc) is 2.67. The highest BCUT2D eigenvalue weighted by molar-refractivity contribution is 5.65. The lowest BCUT2D eigenvalue weighted by molar-refractivity contribution is 0.477. The van der Waals surface area contributed by atoms with Crippen LogP contribution < -0.4 is 5.73 Å². The molecule has 1 aromatic heterocycles. The van der Waals surface area contributed by atoms with E-state index >= 15 is 0 Å². The molecule has 0 atom stereocenters. The number of para-hydroxylation sites is 1. The Bertz CT molecular complexity index is 436. The number of hydrogen-bond donors (Lipinski definition) is 3. The molecule has 0 saturated heterocycles. The minimum atomic E-state index is 0.236. The van der Waals surface area contributed by atoms with E-state index in [0.29, 0.717) is 12.4 Å². The molecule has 1 heterocycles. The van der Waals surface area contributed by atoms with Crippen molar-refractivity contribution in [1.82, 2.24) is 9.97 Å². The zero-order chi connectivity index (χ0) is 9.97. The third-order valence-corrected chi connectivity index (χ3v) is 2.02. The Morgan fingerprint density at radius 1 is 1.36 bits per heavy atom. The summed E-state index contributed by atoms with van der Waals surface area (Å²) in [4.78, 5) is 7.08. The molecule has 72 valence electrons. The van der Waals surface area contributed by atoms with Crippen LogP contribution in [0.15, 0.2) is 30.5 Å². The first-order valence-electron chi connectivity index (χ1n) is 4.33. The lowest BCUT2D eigenvalue weighted by Gasteiger charge is -1.99. The van der Waals surface area contributed by atoms with Gasteiger partial charge in [0, 0.05) is 5.56 Å². The first-order chi connectivity index (χ1) is 6.81. The van der Waals surface area contributed by atoms with Crippen LogP contribution >= 0.6 is 0 Å². The maximum Gasteiger partial charge on any atom is 0.124 e. The maximum atomic E-state index is 9.57. The van der Waals surface area contributed by atoms with Gasteiger partial charge in [0.25, 0.3) is 0 Å². The molecule has 0 aliphatic rings. The van der Waals surface area contributed by atoms with Gasteiger partial charge in [-0.3, -0.25) is 0 Å². The summed E-state index contributed by atoms with van der Waals surface area (Å²) in [6.45, 7) is 0.369. The van der Waals surface area contributed by atoms with Crippen molar-refractivity contribution < 1.29 is 5.11 Å².